The van der Waals surface area contributed by atoms with Gasteiger partial charge in [0.15, 0.2) is 0 Å². The van der Waals surface area contributed by atoms with Gasteiger partial charge in [0.05, 0.1) is 13.2 Å². The van der Waals surface area contributed by atoms with Gasteiger partial charge >= 0.3 is 0 Å². The molecule has 90 valence electrons. The van der Waals surface area contributed by atoms with Crippen LogP contribution in [-0.4, -0.2) is 57.3 Å². The predicted molar refractivity (Wildman–Crippen MR) is 65.7 cm³/mol. The van der Waals surface area contributed by atoms with Gasteiger partial charge in [-0.2, -0.15) is 0 Å². The molecule has 0 aromatic rings. The molecular formula is C11H22BrNO2. The average Bonchev–Trinajstić information content (AvgIpc) is 3.03. The standard InChI is InChI=1S/C11H22BrNO2/c1-14-7-5-13(6-8-15-2)10-11(9-12)3-4-11/h3-10H2,1-2H3. The van der Waals surface area contributed by atoms with Crippen LogP contribution in [0, 0.1) is 5.41 Å². The molecule has 0 aromatic heterocycles. The molecule has 0 aliphatic heterocycles. The number of halogens is 1. The maximum absolute atomic E-state index is 5.13. The molecule has 0 radical (unpaired) electrons. The highest BCUT2D eigenvalue weighted by atomic mass is 79.9. The molecule has 0 atom stereocenters. The summed E-state index contributed by atoms with van der Waals surface area (Å²) < 4.78 is 10.3. The van der Waals surface area contributed by atoms with Crippen molar-refractivity contribution < 1.29 is 9.47 Å². The second kappa shape index (κ2) is 6.84. The topological polar surface area (TPSA) is 21.7 Å². The Bertz CT molecular complexity index is 166. The highest BCUT2D eigenvalue weighted by Gasteiger charge is 2.42. The van der Waals surface area contributed by atoms with E-state index in [1.54, 1.807) is 14.2 Å². The Labute approximate surface area is 101 Å². The van der Waals surface area contributed by atoms with Gasteiger partial charge < -0.3 is 9.47 Å². The van der Waals surface area contributed by atoms with Crippen LogP contribution in [0.4, 0.5) is 0 Å². The van der Waals surface area contributed by atoms with E-state index >= 15 is 0 Å². The van der Waals surface area contributed by atoms with Gasteiger partial charge in [-0.05, 0) is 18.3 Å². The van der Waals surface area contributed by atoms with Crippen molar-refractivity contribution in [1.29, 1.82) is 0 Å². The number of methoxy groups -OCH3 is 2. The van der Waals surface area contributed by atoms with Crippen molar-refractivity contribution in [2.24, 2.45) is 5.41 Å². The number of ether oxygens (including phenoxy) is 2. The Morgan fingerprint density at radius 1 is 1.13 bits per heavy atom. The minimum absolute atomic E-state index is 0.543. The second-order valence-electron chi connectivity index (χ2n) is 4.40. The normalized spacial score (nSPS) is 18.4. The fourth-order valence-corrected chi connectivity index (χ4v) is 2.43. The van der Waals surface area contributed by atoms with Gasteiger partial charge in [0.2, 0.25) is 0 Å². The molecule has 0 bridgehead atoms. The van der Waals surface area contributed by atoms with Crippen LogP contribution in [0.25, 0.3) is 0 Å². The maximum atomic E-state index is 5.13. The van der Waals surface area contributed by atoms with Crippen molar-refractivity contribution in [2.75, 3.05) is 52.4 Å². The molecule has 0 N–H and O–H groups in total. The third-order valence-corrected chi connectivity index (χ3v) is 4.21. The zero-order valence-electron chi connectivity index (χ0n) is 9.80. The van der Waals surface area contributed by atoms with Gasteiger partial charge in [-0.15, -0.1) is 0 Å². The largest absolute Gasteiger partial charge is 0.383 e. The summed E-state index contributed by atoms with van der Waals surface area (Å²) in [5, 5.41) is 1.12. The lowest BCUT2D eigenvalue weighted by Gasteiger charge is -2.25. The minimum atomic E-state index is 0.543. The van der Waals surface area contributed by atoms with Gasteiger partial charge in [0, 0.05) is 39.2 Å². The van der Waals surface area contributed by atoms with Crippen molar-refractivity contribution in [3.63, 3.8) is 0 Å². The van der Waals surface area contributed by atoms with Crippen molar-refractivity contribution in [3.05, 3.63) is 0 Å². The van der Waals surface area contributed by atoms with Crippen LogP contribution in [0.1, 0.15) is 12.8 Å². The van der Waals surface area contributed by atoms with Crippen LogP contribution in [0.3, 0.4) is 0 Å². The van der Waals surface area contributed by atoms with Gasteiger partial charge in [-0.1, -0.05) is 15.9 Å². The summed E-state index contributed by atoms with van der Waals surface area (Å²) in [5.41, 5.74) is 0.543. The first-order valence-corrected chi connectivity index (χ1v) is 6.65. The van der Waals surface area contributed by atoms with Crippen LogP contribution >= 0.6 is 15.9 Å². The molecule has 1 saturated carbocycles. The molecule has 1 fully saturated rings. The monoisotopic (exact) mass is 279 g/mol. The lowest BCUT2D eigenvalue weighted by atomic mass is 10.1. The smallest absolute Gasteiger partial charge is 0.0589 e. The Morgan fingerprint density at radius 2 is 1.67 bits per heavy atom. The zero-order valence-corrected chi connectivity index (χ0v) is 11.4. The van der Waals surface area contributed by atoms with E-state index in [1.807, 2.05) is 0 Å². The SMILES string of the molecule is COCCN(CCOC)CC1(CBr)CC1. The zero-order chi connectivity index (χ0) is 11.1. The highest BCUT2D eigenvalue weighted by Crippen LogP contribution is 2.47. The summed E-state index contributed by atoms with van der Waals surface area (Å²) in [6.45, 7) is 4.80. The summed E-state index contributed by atoms with van der Waals surface area (Å²) in [5.74, 6) is 0. The van der Waals surface area contributed by atoms with E-state index in [1.165, 1.54) is 19.4 Å². The fourth-order valence-electron chi connectivity index (χ4n) is 1.70. The van der Waals surface area contributed by atoms with Crippen LogP contribution in [-0.2, 0) is 9.47 Å². The van der Waals surface area contributed by atoms with Crippen molar-refractivity contribution in [2.45, 2.75) is 12.8 Å². The van der Waals surface area contributed by atoms with E-state index in [4.69, 9.17) is 9.47 Å². The third-order valence-electron chi connectivity index (χ3n) is 3.02. The molecule has 0 amide bonds. The molecule has 0 aromatic carbocycles. The minimum Gasteiger partial charge on any atom is -0.383 e. The van der Waals surface area contributed by atoms with Crippen molar-refractivity contribution in [1.82, 2.24) is 4.90 Å². The van der Waals surface area contributed by atoms with Gasteiger partial charge in [0.1, 0.15) is 0 Å². The molecule has 0 saturated heterocycles. The number of nitrogens with zero attached hydrogens (tertiary/aromatic N) is 1. The van der Waals surface area contributed by atoms with Crippen LogP contribution < -0.4 is 0 Å². The van der Waals surface area contributed by atoms with E-state index in [9.17, 15) is 0 Å². The molecule has 3 nitrogen and oxygen atoms in total. The molecule has 1 aliphatic rings. The molecule has 0 unspecified atom stereocenters. The molecule has 1 aliphatic carbocycles. The van der Waals surface area contributed by atoms with Gasteiger partial charge in [-0.3, -0.25) is 4.90 Å². The number of hydrogen-bond donors (Lipinski definition) is 0. The lowest BCUT2D eigenvalue weighted by molar-refractivity contribution is 0.103. The van der Waals surface area contributed by atoms with Crippen LogP contribution in [0.2, 0.25) is 0 Å². The molecule has 0 heterocycles. The predicted octanol–water partition coefficient (Wildman–Crippen LogP) is 1.76. The van der Waals surface area contributed by atoms with Crippen LogP contribution in [0.5, 0.6) is 0 Å². The summed E-state index contributed by atoms with van der Waals surface area (Å²) in [6, 6.07) is 0. The Kier molecular flexibility index (Phi) is 6.12. The molecule has 1 rings (SSSR count). The number of hydrogen-bond acceptors (Lipinski definition) is 3. The Balaban J connectivity index is 2.27. The van der Waals surface area contributed by atoms with Crippen molar-refractivity contribution >= 4 is 15.9 Å². The maximum Gasteiger partial charge on any atom is 0.0589 e. The second-order valence-corrected chi connectivity index (χ2v) is 4.96. The summed E-state index contributed by atoms with van der Waals surface area (Å²) in [7, 11) is 3.51. The van der Waals surface area contributed by atoms with E-state index in [2.05, 4.69) is 20.8 Å². The summed E-state index contributed by atoms with van der Waals surface area (Å²) in [4.78, 5) is 2.45. The van der Waals surface area contributed by atoms with E-state index < -0.39 is 0 Å². The Hall–Kier alpha value is 0.360. The first-order valence-electron chi connectivity index (χ1n) is 5.52. The molecule has 4 heteroatoms. The fraction of sp³-hybridized carbons (Fsp3) is 1.00. The third kappa shape index (κ3) is 4.81. The average molecular weight is 280 g/mol. The first-order chi connectivity index (χ1) is 7.26. The van der Waals surface area contributed by atoms with Gasteiger partial charge in [-0.25, -0.2) is 0 Å². The molecule has 0 spiro atoms. The summed E-state index contributed by atoms with van der Waals surface area (Å²) >= 11 is 3.61. The highest BCUT2D eigenvalue weighted by molar-refractivity contribution is 9.09. The Morgan fingerprint density at radius 3 is 2.00 bits per heavy atom. The van der Waals surface area contributed by atoms with Crippen molar-refractivity contribution in [3.8, 4) is 0 Å². The van der Waals surface area contributed by atoms with E-state index in [0.717, 1.165) is 31.6 Å². The van der Waals surface area contributed by atoms with Crippen LogP contribution in [0.15, 0.2) is 0 Å². The quantitative estimate of drug-likeness (QED) is 0.601. The summed E-state index contributed by atoms with van der Waals surface area (Å²) in [6.07, 6.45) is 2.71. The van der Waals surface area contributed by atoms with Gasteiger partial charge in [0.25, 0.3) is 0 Å². The number of alkyl halides is 1. The number of rotatable bonds is 9. The first kappa shape index (κ1) is 13.4. The lowest BCUT2D eigenvalue weighted by Crippen LogP contribution is -2.36. The van der Waals surface area contributed by atoms with E-state index in [0.29, 0.717) is 5.41 Å². The van der Waals surface area contributed by atoms with E-state index in [-0.39, 0.29) is 0 Å². The molecular weight excluding hydrogens is 258 g/mol. The molecule has 15 heavy (non-hydrogen) atoms.